The lowest BCUT2D eigenvalue weighted by Gasteiger charge is -2.12. The number of benzene rings is 2. The predicted molar refractivity (Wildman–Crippen MR) is 105 cm³/mol. The number of nitrogens with one attached hydrogen (secondary N) is 1. The maximum atomic E-state index is 13.4. The average molecular weight is 396 g/mol. The van der Waals surface area contributed by atoms with Gasteiger partial charge in [-0.2, -0.15) is 18.3 Å². The molecular formula is C22H19F3N4. The second kappa shape index (κ2) is 5.95. The van der Waals surface area contributed by atoms with Gasteiger partial charge >= 0.3 is 6.18 Å². The summed E-state index contributed by atoms with van der Waals surface area (Å²) >= 11 is 0. The monoisotopic (exact) mass is 396 g/mol. The van der Waals surface area contributed by atoms with Gasteiger partial charge in [0.2, 0.25) is 0 Å². The Hall–Kier alpha value is -3.09. The number of aromatic amines is 1. The van der Waals surface area contributed by atoms with Gasteiger partial charge in [-0.15, -0.1) is 0 Å². The summed E-state index contributed by atoms with van der Waals surface area (Å²) in [6.45, 7) is 2.20. The van der Waals surface area contributed by atoms with Crippen LogP contribution in [-0.4, -0.2) is 19.7 Å². The van der Waals surface area contributed by atoms with Gasteiger partial charge < -0.3 is 4.98 Å². The highest BCUT2D eigenvalue weighted by Crippen LogP contribution is 2.47. The van der Waals surface area contributed by atoms with E-state index in [-0.39, 0.29) is 11.0 Å². The van der Waals surface area contributed by atoms with E-state index in [1.54, 1.807) is 28.9 Å². The lowest BCUT2D eigenvalue weighted by atomic mass is 9.99. The molecule has 2 aromatic heterocycles. The minimum atomic E-state index is -4.41. The molecule has 5 rings (SSSR count). The molecule has 0 bridgehead atoms. The number of fused-ring (bicyclic) bond motifs is 1. The van der Waals surface area contributed by atoms with E-state index in [4.69, 9.17) is 0 Å². The minimum Gasteiger partial charge on any atom is -0.337 e. The van der Waals surface area contributed by atoms with Crippen molar-refractivity contribution in [3.8, 4) is 22.6 Å². The lowest BCUT2D eigenvalue weighted by molar-refractivity contribution is -0.137. The summed E-state index contributed by atoms with van der Waals surface area (Å²) in [5.41, 5.74) is 3.46. The highest BCUT2D eigenvalue weighted by Gasteiger charge is 2.41. The van der Waals surface area contributed by atoms with Crippen molar-refractivity contribution < 1.29 is 13.2 Å². The van der Waals surface area contributed by atoms with Gasteiger partial charge in [-0.1, -0.05) is 31.2 Å². The van der Waals surface area contributed by atoms with Crippen molar-refractivity contribution in [1.82, 2.24) is 19.7 Å². The van der Waals surface area contributed by atoms with Crippen LogP contribution in [0.1, 0.15) is 31.0 Å². The SMILES string of the molecule is Cn1nc(C2(C)CC2)cc1-c1nc2ccc(-c3ccccc3C(F)(F)F)cc2[nH]1. The Bertz CT molecular complexity index is 1230. The largest absolute Gasteiger partial charge is 0.417 e. The quantitative estimate of drug-likeness (QED) is 0.483. The van der Waals surface area contributed by atoms with Crippen LogP contribution in [0, 0.1) is 0 Å². The number of H-pyrrole nitrogens is 1. The maximum Gasteiger partial charge on any atom is 0.417 e. The number of imidazole rings is 1. The van der Waals surface area contributed by atoms with Crippen molar-refractivity contribution in [1.29, 1.82) is 0 Å². The fourth-order valence-corrected chi connectivity index (χ4v) is 3.71. The van der Waals surface area contributed by atoms with Crippen LogP contribution in [0.4, 0.5) is 13.2 Å². The Balaban J connectivity index is 1.58. The van der Waals surface area contributed by atoms with Crippen LogP contribution >= 0.6 is 0 Å². The van der Waals surface area contributed by atoms with Crippen molar-refractivity contribution in [3.63, 3.8) is 0 Å². The number of alkyl halides is 3. The molecule has 1 fully saturated rings. The molecule has 0 unspecified atom stereocenters. The van der Waals surface area contributed by atoms with E-state index in [2.05, 4.69) is 22.0 Å². The molecule has 1 aliphatic rings. The third-order valence-electron chi connectivity index (χ3n) is 5.77. The first-order chi connectivity index (χ1) is 13.7. The summed E-state index contributed by atoms with van der Waals surface area (Å²) in [6, 6.07) is 12.8. The molecule has 1 aliphatic carbocycles. The highest BCUT2D eigenvalue weighted by molar-refractivity contribution is 5.85. The molecule has 0 atom stereocenters. The number of aryl methyl sites for hydroxylation is 1. The van der Waals surface area contributed by atoms with Gasteiger partial charge in [0, 0.05) is 12.5 Å². The van der Waals surface area contributed by atoms with Gasteiger partial charge in [-0.3, -0.25) is 4.68 Å². The number of hydrogen-bond donors (Lipinski definition) is 1. The van der Waals surface area contributed by atoms with E-state index < -0.39 is 11.7 Å². The molecule has 7 heteroatoms. The standard InChI is InChI=1S/C22H19F3N4/c1-21(9-10-21)19-12-18(29(2)28-19)20-26-16-8-7-13(11-17(16)27-20)14-5-3-4-6-15(14)22(23,24)25/h3-8,11-12H,9-10H2,1-2H3,(H,26,27). The summed E-state index contributed by atoms with van der Waals surface area (Å²) < 4.78 is 42.0. The molecule has 2 aromatic carbocycles. The third kappa shape index (κ3) is 3.01. The third-order valence-corrected chi connectivity index (χ3v) is 5.77. The van der Waals surface area contributed by atoms with E-state index in [0.29, 0.717) is 22.4 Å². The van der Waals surface area contributed by atoms with Gasteiger partial charge in [-0.05, 0) is 48.2 Å². The second-order valence-electron chi connectivity index (χ2n) is 7.96. The van der Waals surface area contributed by atoms with Crippen LogP contribution in [0.5, 0.6) is 0 Å². The first-order valence-corrected chi connectivity index (χ1v) is 9.46. The molecule has 0 amide bonds. The van der Waals surface area contributed by atoms with E-state index in [0.717, 1.165) is 30.3 Å². The zero-order chi connectivity index (χ0) is 20.4. The molecule has 1 N–H and O–H groups in total. The molecule has 29 heavy (non-hydrogen) atoms. The Labute approximate surface area is 165 Å². The zero-order valence-electron chi connectivity index (χ0n) is 16.0. The van der Waals surface area contributed by atoms with Crippen LogP contribution in [0.25, 0.3) is 33.7 Å². The molecule has 0 saturated heterocycles. The Morgan fingerprint density at radius 2 is 1.83 bits per heavy atom. The first kappa shape index (κ1) is 18.0. The van der Waals surface area contributed by atoms with Crippen molar-refractivity contribution in [2.45, 2.75) is 31.4 Å². The van der Waals surface area contributed by atoms with Crippen LogP contribution < -0.4 is 0 Å². The molecule has 4 aromatic rings. The smallest absolute Gasteiger partial charge is 0.337 e. The number of halogens is 3. The predicted octanol–water partition coefficient (Wildman–Crippen LogP) is 5.70. The van der Waals surface area contributed by atoms with Gasteiger partial charge in [-0.25, -0.2) is 4.98 Å². The van der Waals surface area contributed by atoms with Crippen molar-refractivity contribution in [2.24, 2.45) is 7.05 Å². The number of nitrogens with zero attached hydrogens (tertiary/aromatic N) is 3. The Kier molecular flexibility index (Phi) is 3.69. The van der Waals surface area contributed by atoms with Crippen molar-refractivity contribution in [2.75, 3.05) is 0 Å². The topological polar surface area (TPSA) is 46.5 Å². The summed E-state index contributed by atoms with van der Waals surface area (Å²) in [5.74, 6) is 0.659. The summed E-state index contributed by atoms with van der Waals surface area (Å²) in [7, 11) is 1.88. The second-order valence-corrected chi connectivity index (χ2v) is 7.96. The van der Waals surface area contributed by atoms with E-state index >= 15 is 0 Å². The number of hydrogen-bond acceptors (Lipinski definition) is 2. The summed E-state index contributed by atoms with van der Waals surface area (Å²) in [5, 5.41) is 4.63. The number of aromatic nitrogens is 4. The van der Waals surface area contributed by atoms with Gasteiger partial charge in [0.1, 0.15) is 5.69 Å². The summed E-state index contributed by atoms with van der Waals surface area (Å²) in [4.78, 5) is 7.88. The Morgan fingerprint density at radius 3 is 2.55 bits per heavy atom. The van der Waals surface area contributed by atoms with Gasteiger partial charge in [0.15, 0.2) is 5.82 Å². The van der Waals surface area contributed by atoms with E-state index in [1.807, 2.05) is 13.1 Å². The average Bonchev–Trinajstić information content (AvgIpc) is 3.12. The van der Waals surface area contributed by atoms with Crippen molar-refractivity contribution >= 4 is 11.0 Å². The number of rotatable bonds is 3. The zero-order valence-corrected chi connectivity index (χ0v) is 16.0. The Morgan fingerprint density at radius 1 is 1.07 bits per heavy atom. The highest BCUT2D eigenvalue weighted by atomic mass is 19.4. The fourth-order valence-electron chi connectivity index (χ4n) is 3.71. The normalized spacial score (nSPS) is 15.8. The van der Waals surface area contributed by atoms with Crippen LogP contribution in [-0.2, 0) is 18.6 Å². The van der Waals surface area contributed by atoms with E-state index in [1.165, 1.54) is 12.1 Å². The molecule has 1 saturated carbocycles. The van der Waals surface area contributed by atoms with E-state index in [9.17, 15) is 13.2 Å². The molecule has 2 heterocycles. The van der Waals surface area contributed by atoms with Gasteiger partial charge in [0.25, 0.3) is 0 Å². The fraction of sp³-hybridized carbons (Fsp3) is 0.273. The lowest BCUT2D eigenvalue weighted by Crippen LogP contribution is -2.06. The molecule has 0 aliphatic heterocycles. The summed E-state index contributed by atoms with van der Waals surface area (Å²) in [6.07, 6.45) is -2.15. The molecule has 148 valence electrons. The molecule has 4 nitrogen and oxygen atoms in total. The molecule has 0 radical (unpaired) electrons. The molecular weight excluding hydrogens is 377 g/mol. The maximum absolute atomic E-state index is 13.4. The van der Waals surface area contributed by atoms with Crippen LogP contribution in [0.3, 0.4) is 0 Å². The molecule has 0 spiro atoms. The van der Waals surface area contributed by atoms with Crippen LogP contribution in [0.15, 0.2) is 48.5 Å². The van der Waals surface area contributed by atoms with Gasteiger partial charge in [0.05, 0.1) is 22.3 Å². The van der Waals surface area contributed by atoms with Crippen LogP contribution in [0.2, 0.25) is 0 Å². The van der Waals surface area contributed by atoms with Crippen molar-refractivity contribution in [3.05, 3.63) is 59.8 Å². The first-order valence-electron chi connectivity index (χ1n) is 9.46. The minimum absolute atomic E-state index is 0.149.